The van der Waals surface area contributed by atoms with Crippen LogP contribution >= 0.6 is 0 Å². The maximum atomic E-state index is 13.9. The molecule has 2 rings (SSSR count). The third-order valence-electron chi connectivity index (χ3n) is 3.58. The largest absolute Gasteiger partial charge is 0.497 e. The van der Waals surface area contributed by atoms with Crippen molar-refractivity contribution in [2.75, 3.05) is 46.9 Å². The fourth-order valence-corrected chi connectivity index (χ4v) is 2.38. The van der Waals surface area contributed by atoms with Gasteiger partial charge in [0.2, 0.25) is 5.91 Å². The van der Waals surface area contributed by atoms with Crippen LogP contribution in [0.5, 0.6) is 5.75 Å². The molecule has 0 aromatic heterocycles. The molecule has 0 saturated carbocycles. The fraction of sp³-hybridized carbons (Fsp3) is 0.533. The molecule has 1 aliphatic heterocycles. The van der Waals surface area contributed by atoms with Crippen molar-refractivity contribution < 1.29 is 13.9 Å². The highest BCUT2D eigenvalue weighted by molar-refractivity contribution is 5.78. The first-order valence-corrected chi connectivity index (χ1v) is 7.09. The molecule has 0 spiro atoms. The molecule has 6 heteroatoms. The molecule has 5 nitrogen and oxygen atoms in total. The number of amides is 1. The van der Waals surface area contributed by atoms with Gasteiger partial charge in [-0.25, -0.2) is 4.39 Å². The minimum Gasteiger partial charge on any atom is -0.497 e. The van der Waals surface area contributed by atoms with Gasteiger partial charge in [0.05, 0.1) is 13.7 Å². The van der Waals surface area contributed by atoms with Crippen molar-refractivity contribution >= 4 is 5.91 Å². The molecule has 0 bridgehead atoms. The first-order valence-electron chi connectivity index (χ1n) is 7.09. The average molecular weight is 295 g/mol. The van der Waals surface area contributed by atoms with E-state index in [1.54, 1.807) is 12.1 Å². The summed E-state index contributed by atoms with van der Waals surface area (Å²) in [6, 6.07) is 4.78. The molecular weight excluding hydrogens is 273 g/mol. The van der Waals surface area contributed by atoms with E-state index in [1.807, 2.05) is 16.8 Å². The number of hydrogen-bond donors (Lipinski definition) is 1. The summed E-state index contributed by atoms with van der Waals surface area (Å²) in [5, 5.41) is 3.21. The third-order valence-corrected chi connectivity index (χ3v) is 3.58. The highest BCUT2D eigenvalue weighted by Crippen LogP contribution is 2.17. The maximum Gasteiger partial charge on any atom is 0.236 e. The van der Waals surface area contributed by atoms with Crippen molar-refractivity contribution in [2.24, 2.45) is 0 Å². The molecule has 21 heavy (non-hydrogen) atoms. The van der Waals surface area contributed by atoms with Gasteiger partial charge in [0.15, 0.2) is 0 Å². The number of nitrogens with one attached hydrogen (secondary N) is 1. The van der Waals surface area contributed by atoms with Crippen LogP contribution in [0.25, 0.3) is 0 Å². The Balaban J connectivity index is 1.88. The summed E-state index contributed by atoms with van der Waals surface area (Å²) < 4.78 is 18.9. The Morgan fingerprint density at radius 1 is 1.43 bits per heavy atom. The highest BCUT2D eigenvalue weighted by Gasteiger charge is 2.18. The summed E-state index contributed by atoms with van der Waals surface area (Å²) in [7, 11) is 3.33. The minimum absolute atomic E-state index is 0.0907. The number of methoxy groups -OCH3 is 1. The summed E-state index contributed by atoms with van der Waals surface area (Å²) in [4.78, 5) is 15.8. The third kappa shape index (κ3) is 4.41. The smallest absolute Gasteiger partial charge is 0.236 e. The first-order chi connectivity index (χ1) is 10.1. The zero-order valence-electron chi connectivity index (χ0n) is 12.6. The van der Waals surface area contributed by atoms with Crippen LogP contribution in [0.2, 0.25) is 0 Å². The Morgan fingerprint density at radius 2 is 2.14 bits per heavy atom. The van der Waals surface area contributed by atoms with Gasteiger partial charge in [-0.3, -0.25) is 9.69 Å². The molecule has 1 heterocycles. The molecule has 1 fully saturated rings. The highest BCUT2D eigenvalue weighted by atomic mass is 19.1. The number of ether oxygens (including phenoxy) is 1. The van der Waals surface area contributed by atoms with E-state index in [0.717, 1.165) is 26.2 Å². The van der Waals surface area contributed by atoms with Crippen LogP contribution in [0, 0.1) is 5.82 Å². The molecular formula is C15H22FN3O2. The van der Waals surface area contributed by atoms with Gasteiger partial charge >= 0.3 is 0 Å². The summed E-state index contributed by atoms with van der Waals surface area (Å²) in [6.07, 6.45) is 0. The van der Waals surface area contributed by atoms with E-state index in [9.17, 15) is 9.18 Å². The van der Waals surface area contributed by atoms with Crippen LogP contribution in [0.1, 0.15) is 5.56 Å². The Bertz CT molecular complexity index is 490. The summed E-state index contributed by atoms with van der Waals surface area (Å²) >= 11 is 0. The summed E-state index contributed by atoms with van der Waals surface area (Å²) in [5.41, 5.74) is 0.561. The topological polar surface area (TPSA) is 44.8 Å². The second-order valence-electron chi connectivity index (χ2n) is 5.26. The summed E-state index contributed by atoms with van der Waals surface area (Å²) in [5.74, 6) is 0.277. The van der Waals surface area contributed by atoms with Gasteiger partial charge in [-0.2, -0.15) is 0 Å². The lowest BCUT2D eigenvalue weighted by molar-refractivity contribution is -0.132. The Kier molecular flexibility index (Phi) is 5.52. The van der Waals surface area contributed by atoms with E-state index in [4.69, 9.17) is 4.74 Å². The van der Waals surface area contributed by atoms with Gasteiger partial charge < -0.3 is 15.0 Å². The molecule has 1 aromatic rings. The lowest BCUT2D eigenvalue weighted by Crippen LogP contribution is -2.49. The SMILES string of the molecule is COc1ccc(CN(C)CC(=O)N2CCNCC2)c(F)c1. The Labute approximate surface area is 124 Å². The monoisotopic (exact) mass is 295 g/mol. The van der Waals surface area contributed by atoms with E-state index in [1.165, 1.54) is 13.2 Å². The van der Waals surface area contributed by atoms with E-state index in [2.05, 4.69) is 5.32 Å². The quantitative estimate of drug-likeness (QED) is 0.868. The standard InChI is InChI=1S/C15H22FN3O2/c1-18(11-15(20)19-7-5-17-6-8-19)10-12-3-4-13(21-2)9-14(12)16/h3-4,9,17H,5-8,10-11H2,1-2H3. The predicted molar refractivity (Wildman–Crippen MR) is 78.7 cm³/mol. The fourth-order valence-electron chi connectivity index (χ4n) is 2.38. The number of carbonyl (C=O) groups is 1. The zero-order chi connectivity index (χ0) is 15.2. The van der Waals surface area contributed by atoms with Crippen molar-refractivity contribution in [3.8, 4) is 5.75 Å². The molecule has 1 aromatic carbocycles. The van der Waals surface area contributed by atoms with E-state index in [-0.39, 0.29) is 11.7 Å². The second kappa shape index (κ2) is 7.38. The summed E-state index contributed by atoms with van der Waals surface area (Å²) in [6.45, 7) is 3.84. The number of hydrogen-bond acceptors (Lipinski definition) is 4. The van der Waals surface area contributed by atoms with E-state index in [0.29, 0.717) is 24.4 Å². The van der Waals surface area contributed by atoms with Gasteiger partial charge in [-0.1, -0.05) is 6.07 Å². The van der Waals surface area contributed by atoms with Crippen LogP contribution in [0.15, 0.2) is 18.2 Å². The van der Waals surface area contributed by atoms with Crippen molar-refractivity contribution in [1.29, 1.82) is 0 Å². The van der Waals surface area contributed by atoms with Crippen molar-refractivity contribution in [3.63, 3.8) is 0 Å². The van der Waals surface area contributed by atoms with Crippen LogP contribution in [-0.4, -0.2) is 62.6 Å². The second-order valence-corrected chi connectivity index (χ2v) is 5.26. The number of halogens is 1. The van der Waals surface area contributed by atoms with Crippen LogP contribution < -0.4 is 10.1 Å². The molecule has 0 aliphatic carbocycles. The van der Waals surface area contributed by atoms with Gasteiger partial charge in [0.25, 0.3) is 0 Å². The lowest BCUT2D eigenvalue weighted by atomic mass is 10.2. The van der Waals surface area contributed by atoms with Gasteiger partial charge in [-0.15, -0.1) is 0 Å². The zero-order valence-corrected chi connectivity index (χ0v) is 12.6. The number of likely N-dealkylation sites (N-methyl/N-ethyl adjacent to an activating group) is 1. The molecule has 0 radical (unpaired) electrons. The molecule has 0 atom stereocenters. The van der Waals surface area contributed by atoms with Crippen LogP contribution in [0.3, 0.4) is 0 Å². The van der Waals surface area contributed by atoms with Crippen molar-refractivity contribution in [2.45, 2.75) is 6.54 Å². The predicted octanol–water partition coefficient (Wildman–Crippen LogP) is 0.698. The van der Waals surface area contributed by atoms with Gasteiger partial charge in [0, 0.05) is 44.4 Å². The average Bonchev–Trinajstić information content (AvgIpc) is 2.50. The van der Waals surface area contributed by atoms with Crippen LogP contribution in [0.4, 0.5) is 4.39 Å². The van der Waals surface area contributed by atoms with Crippen molar-refractivity contribution in [1.82, 2.24) is 15.1 Å². The van der Waals surface area contributed by atoms with Crippen molar-refractivity contribution in [3.05, 3.63) is 29.6 Å². The maximum absolute atomic E-state index is 13.9. The molecule has 116 valence electrons. The minimum atomic E-state index is -0.309. The molecule has 1 N–H and O–H groups in total. The molecule has 1 amide bonds. The molecule has 1 saturated heterocycles. The first kappa shape index (κ1) is 15.7. The van der Waals surface area contributed by atoms with E-state index < -0.39 is 0 Å². The number of carbonyl (C=O) groups excluding carboxylic acids is 1. The number of nitrogens with zero attached hydrogens (tertiary/aromatic N) is 2. The lowest BCUT2D eigenvalue weighted by Gasteiger charge is -2.29. The Morgan fingerprint density at radius 3 is 2.76 bits per heavy atom. The Hall–Kier alpha value is -1.66. The number of piperazine rings is 1. The van der Waals surface area contributed by atoms with Gasteiger partial charge in [-0.05, 0) is 13.1 Å². The number of rotatable bonds is 5. The van der Waals surface area contributed by atoms with E-state index >= 15 is 0 Å². The van der Waals surface area contributed by atoms with Crippen LogP contribution in [-0.2, 0) is 11.3 Å². The molecule has 0 unspecified atom stereocenters. The molecule has 1 aliphatic rings. The number of benzene rings is 1. The van der Waals surface area contributed by atoms with Gasteiger partial charge in [0.1, 0.15) is 11.6 Å². The normalized spacial score (nSPS) is 15.3.